The lowest BCUT2D eigenvalue weighted by molar-refractivity contribution is -0.127. The lowest BCUT2D eigenvalue weighted by atomic mass is 10.1. The summed E-state index contributed by atoms with van der Waals surface area (Å²) in [6.45, 7) is 1.80. The Hall–Kier alpha value is -3.35. The van der Waals surface area contributed by atoms with Gasteiger partial charge < -0.3 is 21.1 Å². The SMILES string of the molecule is C[C@@H](NC(=O)[C@H](CC(N)=O)NC(=O)Oc1ccccc1)c1ccccc1. The molecule has 0 radical (unpaired) electrons. The zero-order chi connectivity index (χ0) is 18.9. The molecule has 2 rings (SSSR count). The molecule has 0 fully saturated rings. The van der Waals surface area contributed by atoms with E-state index in [2.05, 4.69) is 10.6 Å². The molecule has 2 aromatic carbocycles. The van der Waals surface area contributed by atoms with Crippen LogP contribution in [0.15, 0.2) is 60.7 Å². The van der Waals surface area contributed by atoms with Crippen LogP contribution in [0.5, 0.6) is 5.75 Å². The molecule has 0 aliphatic rings. The highest BCUT2D eigenvalue weighted by molar-refractivity contribution is 5.90. The van der Waals surface area contributed by atoms with Crippen LogP contribution in [-0.2, 0) is 9.59 Å². The van der Waals surface area contributed by atoms with Gasteiger partial charge in [0, 0.05) is 0 Å². The summed E-state index contributed by atoms with van der Waals surface area (Å²) in [7, 11) is 0. The van der Waals surface area contributed by atoms with Gasteiger partial charge in [0.05, 0.1) is 12.5 Å². The van der Waals surface area contributed by atoms with Crippen molar-refractivity contribution in [3.63, 3.8) is 0 Å². The smallest absolute Gasteiger partial charge is 0.410 e. The van der Waals surface area contributed by atoms with Crippen LogP contribution in [0.2, 0.25) is 0 Å². The fraction of sp³-hybridized carbons (Fsp3) is 0.211. The third-order valence-corrected chi connectivity index (χ3v) is 3.63. The zero-order valence-corrected chi connectivity index (χ0v) is 14.3. The number of para-hydroxylation sites is 1. The van der Waals surface area contributed by atoms with Crippen molar-refractivity contribution in [2.75, 3.05) is 0 Å². The lowest BCUT2D eigenvalue weighted by Gasteiger charge is -2.20. The Labute approximate surface area is 151 Å². The largest absolute Gasteiger partial charge is 0.413 e. The first-order valence-corrected chi connectivity index (χ1v) is 8.12. The number of hydrogen-bond acceptors (Lipinski definition) is 4. The number of carbonyl (C=O) groups is 3. The van der Waals surface area contributed by atoms with Crippen LogP contribution >= 0.6 is 0 Å². The van der Waals surface area contributed by atoms with Crippen LogP contribution in [0, 0.1) is 0 Å². The molecule has 0 aliphatic carbocycles. The summed E-state index contributed by atoms with van der Waals surface area (Å²) in [6.07, 6.45) is -1.18. The molecule has 0 heterocycles. The van der Waals surface area contributed by atoms with Gasteiger partial charge in [-0.05, 0) is 24.6 Å². The maximum absolute atomic E-state index is 12.5. The lowest BCUT2D eigenvalue weighted by Crippen LogP contribution is -2.49. The number of nitrogens with one attached hydrogen (secondary N) is 2. The molecule has 0 saturated carbocycles. The third-order valence-electron chi connectivity index (χ3n) is 3.63. The van der Waals surface area contributed by atoms with Gasteiger partial charge in [0.2, 0.25) is 11.8 Å². The molecular formula is C19H21N3O4. The van der Waals surface area contributed by atoms with Crippen LogP contribution in [0.3, 0.4) is 0 Å². The molecule has 0 spiro atoms. The van der Waals surface area contributed by atoms with E-state index in [0.717, 1.165) is 5.56 Å². The van der Waals surface area contributed by atoms with Crippen LogP contribution in [0.1, 0.15) is 24.9 Å². The molecule has 4 N–H and O–H groups in total. The number of benzene rings is 2. The Morgan fingerprint density at radius 3 is 2.12 bits per heavy atom. The summed E-state index contributed by atoms with van der Waals surface area (Å²) >= 11 is 0. The van der Waals surface area contributed by atoms with Crippen molar-refractivity contribution in [2.24, 2.45) is 5.73 Å². The quantitative estimate of drug-likeness (QED) is 0.704. The normalized spacial score (nSPS) is 12.5. The van der Waals surface area contributed by atoms with Crippen molar-refractivity contribution in [3.8, 4) is 5.75 Å². The van der Waals surface area contributed by atoms with Gasteiger partial charge in [-0.25, -0.2) is 4.79 Å². The standard InChI is InChI=1S/C19H21N3O4/c1-13(14-8-4-2-5-9-14)21-18(24)16(12-17(20)23)22-19(25)26-15-10-6-3-7-11-15/h2-11,13,16H,12H2,1H3,(H2,20,23)(H,21,24)(H,22,25)/t13-,16+/m1/s1. The van der Waals surface area contributed by atoms with Gasteiger partial charge in [-0.1, -0.05) is 48.5 Å². The van der Waals surface area contributed by atoms with E-state index >= 15 is 0 Å². The molecule has 136 valence electrons. The second-order valence-corrected chi connectivity index (χ2v) is 5.71. The molecular weight excluding hydrogens is 334 g/mol. The van der Waals surface area contributed by atoms with Crippen LogP contribution < -0.4 is 21.1 Å². The summed E-state index contributed by atoms with van der Waals surface area (Å²) in [6, 6.07) is 16.3. The minimum Gasteiger partial charge on any atom is -0.410 e. The second kappa shape index (κ2) is 9.22. The van der Waals surface area contributed by atoms with Crippen molar-refractivity contribution >= 4 is 17.9 Å². The van der Waals surface area contributed by atoms with Crippen LogP contribution in [0.4, 0.5) is 4.79 Å². The molecule has 2 aromatic rings. The van der Waals surface area contributed by atoms with Crippen molar-refractivity contribution in [3.05, 3.63) is 66.2 Å². The maximum atomic E-state index is 12.5. The number of amides is 3. The van der Waals surface area contributed by atoms with E-state index in [4.69, 9.17) is 10.5 Å². The Balaban J connectivity index is 2.00. The summed E-state index contributed by atoms with van der Waals surface area (Å²) in [4.78, 5) is 35.7. The molecule has 0 saturated heterocycles. The van der Waals surface area contributed by atoms with E-state index in [1.807, 2.05) is 30.3 Å². The average molecular weight is 355 g/mol. The van der Waals surface area contributed by atoms with Gasteiger partial charge in [0.1, 0.15) is 11.8 Å². The van der Waals surface area contributed by atoms with E-state index in [9.17, 15) is 14.4 Å². The van der Waals surface area contributed by atoms with Crippen molar-refractivity contribution in [1.29, 1.82) is 0 Å². The van der Waals surface area contributed by atoms with Crippen molar-refractivity contribution in [1.82, 2.24) is 10.6 Å². The summed E-state index contributed by atoms with van der Waals surface area (Å²) in [5.74, 6) is -0.913. The highest BCUT2D eigenvalue weighted by Gasteiger charge is 2.25. The van der Waals surface area contributed by atoms with E-state index in [1.54, 1.807) is 37.3 Å². The van der Waals surface area contributed by atoms with Gasteiger partial charge in [-0.2, -0.15) is 0 Å². The minimum atomic E-state index is -1.13. The zero-order valence-electron chi connectivity index (χ0n) is 14.3. The van der Waals surface area contributed by atoms with Crippen molar-refractivity contribution in [2.45, 2.75) is 25.4 Å². The predicted octanol–water partition coefficient (Wildman–Crippen LogP) is 1.90. The van der Waals surface area contributed by atoms with Gasteiger partial charge in [-0.15, -0.1) is 0 Å². The monoisotopic (exact) mass is 355 g/mol. The van der Waals surface area contributed by atoms with Gasteiger partial charge in [0.15, 0.2) is 0 Å². The van der Waals surface area contributed by atoms with Gasteiger partial charge in [0.25, 0.3) is 0 Å². The summed E-state index contributed by atoms with van der Waals surface area (Å²) < 4.78 is 5.08. The maximum Gasteiger partial charge on any atom is 0.413 e. The molecule has 0 aromatic heterocycles. The molecule has 3 amide bonds. The van der Waals surface area contributed by atoms with E-state index in [1.165, 1.54) is 0 Å². The molecule has 2 atom stereocenters. The Morgan fingerprint density at radius 1 is 0.962 bits per heavy atom. The number of ether oxygens (including phenoxy) is 1. The second-order valence-electron chi connectivity index (χ2n) is 5.71. The van der Waals surface area contributed by atoms with Crippen molar-refractivity contribution < 1.29 is 19.1 Å². The first kappa shape index (κ1) is 19.0. The third kappa shape index (κ3) is 5.94. The minimum absolute atomic E-state index is 0.300. The molecule has 26 heavy (non-hydrogen) atoms. The summed E-state index contributed by atoms with van der Waals surface area (Å²) in [5.41, 5.74) is 6.08. The van der Waals surface area contributed by atoms with Gasteiger partial charge >= 0.3 is 6.09 Å². The first-order chi connectivity index (χ1) is 12.5. The number of nitrogens with two attached hydrogens (primary N) is 1. The highest BCUT2D eigenvalue weighted by Crippen LogP contribution is 2.12. The number of rotatable bonds is 7. The number of hydrogen-bond donors (Lipinski definition) is 3. The Bertz CT molecular complexity index is 750. The average Bonchev–Trinajstić information content (AvgIpc) is 2.62. The molecule has 7 nitrogen and oxygen atoms in total. The first-order valence-electron chi connectivity index (χ1n) is 8.12. The van der Waals surface area contributed by atoms with E-state index < -0.39 is 23.9 Å². The van der Waals surface area contributed by atoms with E-state index in [-0.39, 0.29) is 12.5 Å². The fourth-order valence-corrected chi connectivity index (χ4v) is 2.32. The molecule has 0 bridgehead atoms. The fourth-order valence-electron chi connectivity index (χ4n) is 2.32. The Morgan fingerprint density at radius 2 is 1.54 bits per heavy atom. The van der Waals surface area contributed by atoms with E-state index in [0.29, 0.717) is 5.75 Å². The van der Waals surface area contributed by atoms with Crippen LogP contribution in [-0.4, -0.2) is 23.9 Å². The Kier molecular flexibility index (Phi) is 6.73. The molecule has 0 aliphatic heterocycles. The number of carbonyl (C=O) groups excluding carboxylic acids is 3. The molecule has 0 unspecified atom stereocenters. The van der Waals surface area contributed by atoms with Crippen LogP contribution in [0.25, 0.3) is 0 Å². The predicted molar refractivity (Wildman–Crippen MR) is 96.2 cm³/mol. The highest BCUT2D eigenvalue weighted by atomic mass is 16.6. The topological polar surface area (TPSA) is 111 Å². The number of primary amides is 1. The molecule has 7 heteroatoms. The summed E-state index contributed by atoms with van der Waals surface area (Å²) in [5, 5.41) is 5.13. The van der Waals surface area contributed by atoms with Gasteiger partial charge in [-0.3, -0.25) is 9.59 Å².